The van der Waals surface area contributed by atoms with E-state index in [1.165, 1.54) is 6.42 Å². The molecule has 86 valence electrons. The zero-order valence-corrected chi connectivity index (χ0v) is 10.4. The first kappa shape index (κ1) is 11.0. The number of aromatic nitrogens is 2. The lowest BCUT2D eigenvalue weighted by atomic mass is 10.2. The first-order valence-electron chi connectivity index (χ1n) is 5.69. The van der Waals surface area contributed by atoms with Gasteiger partial charge in [0.15, 0.2) is 0 Å². The van der Waals surface area contributed by atoms with E-state index < -0.39 is 0 Å². The fourth-order valence-corrected chi connectivity index (χ4v) is 2.31. The first-order chi connectivity index (χ1) is 7.54. The molecule has 0 amide bonds. The molecule has 2 unspecified atom stereocenters. The Kier molecular flexibility index (Phi) is 2.63. The maximum Gasteiger partial charge on any atom is 0.144 e. The molecule has 2 rings (SSSR count). The third-order valence-corrected chi connectivity index (χ3v) is 3.45. The molecule has 1 aliphatic carbocycles. The van der Waals surface area contributed by atoms with Crippen molar-refractivity contribution >= 4 is 5.82 Å². The Morgan fingerprint density at radius 1 is 1.62 bits per heavy atom. The Morgan fingerprint density at radius 3 is 2.75 bits per heavy atom. The first-order valence-corrected chi connectivity index (χ1v) is 5.69. The molecular weight excluding hydrogens is 200 g/mol. The molecule has 0 spiro atoms. The minimum atomic E-state index is 0.707. The van der Waals surface area contributed by atoms with Crippen LogP contribution in [-0.4, -0.2) is 23.4 Å². The van der Waals surface area contributed by atoms with E-state index in [1.807, 2.05) is 21.0 Å². The van der Waals surface area contributed by atoms with E-state index in [2.05, 4.69) is 23.0 Å². The maximum atomic E-state index is 9.13. The van der Waals surface area contributed by atoms with Crippen LogP contribution in [0.5, 0.6) is 0 Å². The van der Waals surface area contributed by atoms with Gasteiger partial charge in [-0.3, -0.25) is 4.68 Å². The van der Waals surface area contributed by atoms with Crippen molar-refractivity contribution in [1.29, 1.82) is 5.26 Å². The SMILES string of the molecule is Cc1nn(C)c(N(C)CC2CC2C)c1C#N. The second-order valence-corrected chi connectivity index (χ2v) is 4.87. The second kappa shape index (κ2) is 3.82. The number of nitriles is 1. The zero-order valence-electron chi connectivity index (χ0n) is 10.4. The highest BCUT2D eigenvalue weighted by Gasteiger charge is 2.34. The molecule has 0 aromatic carbocycles. The third kappa shape index (κ3) is 1.78. The van der Waals surface area contributed by atoms with Crippen LogP contribution < -0.4 is 4.90 Å². The van der Waals surface area contributed by atoms with Crippen molar-refractivity contribution in [3.8, 4) is 6.07 Å². The summed E-state index contributed by atoms with van der Waals surface area (Å²) in [6, 6.07) is 2.25. The Hall–Kier alpha value is -1.50. The Bertz CT molecular complexity index is 441. The van der Waals surface area contributed by atoms with E-state index in [9.17, 15) is 0 Å². The number of anilines is 1. The van der Waals surface area contributed by atoms with E-state index in [1.54, 1.807) is 4.68 Å². The molecule has 4 nitrogen and oxygen atoms in total. The maximum absolute atomic E-state index is 9.13. The van der Waals surface area contributed by atoms with Gasteiger partial charge in [0.05, 0.1) is 5.69 Å². The summed E-state index contributed by atoms with van der Waals surface area (Å²) < 4.78 is 1.81. The standard InChI is InChI=1S/C12H18N4/c1-8-5-10(8)7-15(3)12-11(6-13)9(2)14-16(12)4/h8,10H,5,7H2,1-4H3. The van der Waals surface area contributed by atoms with Crippen LogP contribution in [0.15, 0.2) is 0 Å². The summed E-state index contributed by atoms with van der Waals surface area (Å²) in [4.78, 5) is 2.16. The number of rotatable bonds is 3. The summed E-state index contributed by atoms with van der Waals surface area (Å²) in [6.07, 6.45) is 1.31. The molecule has 1 aromatic heterocycles. The quantitative estimate of drug-likeness (QED) is 0.775. The number of hydrogen-bond acceptors (Lipinski definition) is 3. The number of aryl methyl sites for hydroxylation is 2. The molecule has 0 aliphatic heterocycles. The largest absolute Gasteiger partial charge is 0.358 e. The average Bonchev–Trinajstić information content (AvgIpc) is 2.79. The molecule has 0 N–H and O–H groups in total. The van der Waals surface area contributed by atoms with Crippen LogP contribution in [0.25, 0.3) is 0 Å². The summed E-state index contributed by atoms with van der Waals surface area (Å²) >= 11 is 0. The summed E-state index contributed by atoms with van der Waals surface area (Å²) in [6.45, 7) is 5.18. The van der Waals surface area contributed by atoms with Gasteiger partial charge in [-0.1, -0.05) is 6.92 Å². The van der Waals surface area contributed by atoms with Gasteiger partial charge in [0, 0.05) is 20.6 Å². The lowest BCUT2D eigenvalue weighted by molar-refractivity contribution is 0.681. The molecule has 1 aromatic rings. The molecule has 1 fully saturated rings. The molecule has 1 heterocycles. The number of hydrogen-bond donors (Lipinski definition) is 0. The van der Waals surface area contributed by atoms with Gasteiger partial charge in [0.1, 0.15) is 17.5 Å². The van der Waals surface area contributed by atoms with E-state index >= 15 is 0 Å². The molecule has 1 saturated carbocycles. The molecule has 2 atom stereocenters. The van der Waals surface area contributed by atoms with Crippen molar-refractivity contribution in [3.63, 3.8) is 0 Å². The van der Waals surface area contributed by atoms with Crippen molar-refractivity contribution in [2.45, 2.75) is 20.3 Å². The minimum Gasteiger partial charge on any atom is -0.358 e. The van der Waals surface area contributed by atoms with Crippen LogP contribution in [0.4, 0.5) is 5.82 Å². The molecule has 1 aliphatic rings. The van der Waals surface area contributed by atoms with Gasteiger partial charge in [-0.05, 0) is 25.2 Å². The van der Waals surface area contributed by atoms with Crippen molar-refractivity contribution < 1.29 is 0 Å². The normalized spacial score (nSPS) is 22.9. The van der Waals surface area contributed by atoms with Crippen LogP contribution in [0.2, 0.25) is 0 Å². The van der Waals surface area contributed by atoms with Gasteiger partial charge in [-0.25, -0.2) is 0 Å². The van der Waals surface area contributed by atoms with Crippen molar-refractivity contribution in [1.82, 2.24) is 9.78 Å². The van der Waals surface area contributed by atoms with E-state index in [0.717, 1.165) is 29.9 Å². The van der Waals surface area contributed by atoms with Gasteiger partial charge in [-0.2, -0.15) is 10.4 Å². The smallest absolute Gasteiger partial charge is 0.144 e. The lowest BCUT2D eigenvalue weighted by Crippen LogP contribution is -2.23. The minimum absolute atomic E-state index is 0.707. The highest BCUT2D eigenvalue weighted by Crippen LogP contribution is 2.39. The monoisotopic (exact) mass is 218 g/mol. The number of nitrogens with zero attached hydrogens (tertiary/aromatic N) is 4. The van der Waals surface area contributed by atoms with Crippen LogP contribution in [-0.2, 0) is 7.05 Å². The van der Waals surface area contributed by atoms with Crippen LogP contribution >= 0.6 is 0 Å². The second-order valence-electron chi connectivity index (χ2n) is 4.87. The van der Waals surface area contributed by atoms with Gasteiger partial charge >= 0.3 is 0 Å². The van der Waals surface area contributed by atoms with E-state index in [-0.39, 0.29) is 0 Å². The zero-order chi connectivity index (χ0) is 11.9. The summed E-state index contributed by atoms with van der Waals surface area (Å²) in [5.74, 6) is 2.56. The highest BCUT2D eigenvalue weighted by atomic mass is 15.4. The van der Waals surface area contributed by atoms with Gasteiger partial charge in [0.2, 0.25) is 0 Å². The van der Waals surface area contributed by atoms with Crippen LogP contribution in [0, 0.1) is 30.1 Å². The summed E-state index contributed by atoms with van der Waals surface area (Å²) in [5.41, 5.74) is 1.52. The van der Waals surface area contributed by atoms with Crippen molar-refractivity contribution in [2.24, 2.45) is 18.9 Å². The Balaban J connectivity index is 2.22. The third-order valence-electron chi connectivity index (χ3n) is 3.45. The van der Waals surface area contributed by atoms with Gasteiger partial charge in [0.25, 0.3) is 0 Å². The van der Waals surface area contributed by atoms with Crippen LogP contribution in [0.3, 0.4) is 0 Å². The predicted octanol–water partition coefficient (Wildman–Crippen LogP) is 1.69. The topological polar surface area (TPSA) is 44.9 Å². The summed E-state index contributed by atoms with van der Waals surface area (Å²) in [5, 5.41) is 13.4. The molecule has 0 radical (unpaired) electrons. The van der Waals surface area contributed by atoms with E-state index in [4.69, 9.17) is 5.26 Å². The molecule has 4 heteroatoms. The van der Waals surface area contributed by atoms with Gasteiger partial charge in [-0.15, -0.1) is 0 Å². The predicted molar refractivity (Wildman–Crippen MR) is 63.2 cm³/mol. The highest BCUT2D eigenvalue weighted by molar-refractivity contribution is 5.56. The molecule has 0 saturated heterocycles. The average molecular weight is 218 g/mol. The fourth-order valence-electron chi connectivity index (χ4n) is 2.31. The van der Waals surface area contributed by atoms with Crippen molar-refractivity contribution in [3.05, 3.63) is 11.3 Å². The fraction of sp³-hybridized carbons (Fsp3) is 0.667. The summed E-state index contributed by atoms with van der Waals surface area (Å²) in [7, 11) is 3.94. The molecule has 16 heavy (non-hydrogen) atoms. The molecule has 0 bridgehead atoms. The van der Waals surface area contributed by atoms with Crippen molar-refractivity contribution in [2.75, 3.05) is 18.5 Å². The van der Waals surface area contributed by atoms with E-state index in [0.29, 0.717) is 5.56 Å². The van der Waals surface area contributed by atoms with Crippen LogP contribution in [0.1, 0.15) is 24.6 Å². The molecular formula is C12H18N4. The Labute approximate surface area is 96.5 Å². The Morgan fingerprint density at radius 2 is 2.25 bits per heavy atom. The van der Waals surface area contributed by atoms with Gasteiger partial charge < -0.3 is 4.90 Å². The lowest BCUT2D eigenvalue weighted by Gasteiger charge is -2.19.